The van der Waals surface area contributed by atoms with Crippen LogP contribution in [-0.4, -0.2) is 26.8 Å². The summed E-state index contributed by atoms with van der Waals surface area (Å²) >= 11 is 1.91. The number of thioether (sulfide) groups is 1. The maximum atomic E-state index is 4.10. The molecule has 0 radical (unpaired) electrons. The molecule has 2 atom stereocenters. The van der Waals surface area contributed by atoms with Crippen LogP contribution in [0.5, 0.6) is 0 Å². The minimum absolute atomic E-state index is 0.331. The molecule has 1 aliphatic rings. The highest BCUT2D eigenvalue weighted by Gasteiger charge is 2.21. The normalized spacial score (nSPS) is 29.1. The summed E-state index contributed by atoms with van der Waals surface area (Å²) in [5.74, 6) is 1.20. The van der Waals surface area contributed by atoms with Crippen LogP contribution >= 0.6 is 11.8 Å². The molecule has 2 rings (SSSR count). The van der Waals surface area contributed by atoms with Gasteiger partial charge in [0, 0.05) is 13.1 Å². The van der Waals surface area contributed by atoms with E-state index in [0.717, 1.165) is 5.69 Å². The Kier molecular flexibility index (Phi) is 2.55. The maximum absolute atomic E-state index is 4.10. The van der Waals surface area contributed by atoms with Crippen molar-refractivity contribution in [3.63, 3.8) is 0 Å². The molecule has 2 unspecified atom stereocenters. The lowest BCUT2D eigenvalue weighted by atomic mass is 10.2. The van der Waals surface area contributed by atoms with Crippen molar-refractivity contribution in [2.75, 3.05) is 5.75 Å². The standard InChI is InChI=1S/C8H14N4S/c1-6-3-4-13-8(9-6)7-5-12(2)11-10-7/h5-6,8-9H,3-4H2,1-2H3. The summed E-state index contributed by atoms with van der Waals surface area (Å²) in [4.78, 5) is 0. The Hall–Kier alpha value is -0.550. The van der Waals surface area contributed by atoms with Gasteiger partial charge in [0.05, 0.1) is 11.6 Å². The summed E-state index contributed by atoms with van der Waals surface area (Å²) in [5, 5.41) is 11.9. The van der Waals surface area contributed by atoms with Crippen molar-refractivity contribution in [2.24, 2.45) is 7.05 Å². The molecule has 1 fully saturated rings. The molecule has 2 heterocycles. The van der Waals surface area contributed by atoms with Crippen molar-refractivity contribution in [3.05, 3.63) is 11.9 Å². The van der Waals surface area contributed by atoms with Gasteiger partial charge in [0.2, 0.25) is 0 Å². The van der Waals surface area contributed by atoms with E-state index in [1.54, 1.807) is 4.68 Å². The first-order valence-corrected chi connectivity index (χ1v) is 5.54. The maximum Gasteiger partial charge on any atom is 0.110 e. The average molecular weight is 198 g/mol. The predicted octanol–water partition coefficient (Wildman–Crippen LogP) is 0.929. The quantitative estimate of drug-likeness (QED) is 0.729. The number of hydrogen-bond acceptors (Lipinski definition) is 4. The molecule has 0 amide bonds. The Morgan fingerprint density at radius 1 is 1.69 bits per heavy atom. The molecule has 5 heteroatoms. The largest absolute Gasteiger partial charge is 0.298 e. The van der Waals surface area contributed by atoms with Crippen LogP contribution in [0, 0.1) is 0 Å². The van der Waals surface area contributed by atoms with Crippen LogP contribution in [0.15, 0.2) is 6.20 Å². The van der Waals surface area contributed by atoms with E-state index >= 15 is 0 Å². The van der Waals surface area contributed by atoms with E-state index in [1.165, 1.54) is 12.2 Å². The molecule has 1 N–H and O–H groups in total. The van der Waals surface area contributed by atoms with Gasteiger partial charge in [-0.25, -0.2) is 0 Å². The highest BCUT2D eigenvalue weighted by Crippen LogP contribution is 2.29. The summed E-state index contributed by atoms with van der Waals surface area (Å²) < 4.78 is 1.75. The molecule has 1 aromatic rings. The van der Waals surface area contributed by atoms with Crippen LogP contribution in [0.25, 0.3) is 0 Å². The van der Waals surface area contributed by atoms with E-state index in [4.69, 9.17) is 0 Å². The molecule has 0 spiro atoms. The lowest BCUT2D eigenvalue weighted by Gasteiger charge is -2.26. The molecule has 0 bridgehead atoms. The van der Waals surface area contributed by atoms with Gasteiger partial charge in [-0.2, -0.15) is 0 Å². The second-order valence-electron chi connectivity index (χ2n) is 3.42. The summed E-state index contributed by atoms with van der Waals surface area (Å²) in [6.45, 7) is 2.21. The van der Waals surface area contributed by atoms with Crippen LogP contribution in [0.2, 0.25) is 0 Å². The fraction of sp³-hybridized carbons (Fsp3) is 0.750. The topological polar surface area (TPSA) is 42.7 Å². The van der Waals surface area contributed by atoms with E-state index in [2.05, 4.69) is 22.6 Å². The highest BCUT2D eigenvalue weighted by atomic mass is 32.2. The van der Waals surface area contributed by atoms with E-state index in [9.17, 15) is 0 Å². The van der Waals surface area contributed by atoms with Gasteiger partial charge >= 0.3 is 0 Å². The Bertz CT molecular complexity index is 285. The molecular weight excluding hydrogens is 184 g/mol. The minimum Gasteiger partial charge on any atom is -0.298 e. The molecule has 4 nitrogen and oxygen atoms in total. The van der Waals surface area contributed by atoms with Gasteiger partial charge in [-0.05, 0) is 19.1 Å². The van der Waals surface area contributed by atoms with Gasteiger partial charge in [-0.3, -0.25) is 10.00 Å². The molecule has 13 heavy (non-hydrogen) atoms. The molecular formula is C8H14N4S. The van der Waals surface area contributed by atoms with Gasteiger partial charge in [0.15, 0.2) is 0 Å². The third kappa shape index (κ3) is 2.03. The molecule has 1 aromatic heterocycles. The van der Waals surface area contributed by atoms with Crippen molar-refractivity contribution < 1.29 is 0 Å². The predicted molar refractivity (Wildman–Crippen MR) is 53.4 cm³/mol. The first-order valence-electron chi connectivity index (χ1n) is 4.49. The van der Waals surface area contributed by atoms with E-state index in [1.807, 2.05) is 25.0 Å². The molecule has 0 aliphatic carbocycles. The summed E-state index contributed by atoms with van der Waals surface area (Å²) in [6, 6.07) is 0.591. The van der Waals surface area contributed by atoms with Gasteiger partial charge in [0.25, 0.3) is 0 Å². The van der Waals surface area contributed by atoms with E-state index in [-0.39, 0.29) is 0 Å². The van der Waals surface area contributed by atoms with Gasteiger partial charge in [-0.15, -0.1) is 16.9 Å². The Balaban J connectivity index is 2.08. The van der Waals surface area contributed by atoms with Gasteiger partial charge in [0.1, 0.15) is 5.69 Å². The minimum atomic E-state index is 0.331. The highest BCUT2D eigenvalue weighted by molar-refractivity contribution is 7.99. The number of rotatable bonds is 1. The van der Waals surface area contributed by atoms with Crippen LogP contribution in [-0.2, 0) is 7.05 Å². The fourth-order valence-corrected chi connectivity index (χ4v) is 2.74. The van der Waals surface area contributed by atoms with Crippen molar-refractivity contribution in [1.82, 2.24) is 20.3 Å². The van der Waals surface area contributed by atoms with Gasteiger partial charge < -0.3 is 0 Å². The van der Waals surface area contributed by atoms with Gasteiger partial charge in [-0.1, -0.05) is 5.21 Å². The van der Waals surface area contributed by atoms with Crippen molar-refractivity contribution in [3.8, 4) is 0 Å². The number of aryl methyl sites for hydroxylation is 1. The van der Waals surface area contributed by atoms with E-state index < -0.39 is 0 Å². The number of hydrogen-bond donors (Lipinski definition) is 1. The smallest absolute Gasteiger partial charge is 0.110 e. The van der Waals surface area contributed by atoms with Crippen LogP contribution in [0.3, 0.4) is 0 Å². The molecule has 0 aromatic carbocycles. The van der Waals surface area contributed by atoms with E-state index in [0.29, 0.717) is 11.4 Å². The molecule has 72 valence electrons. The first kappa shape index (κ1) is 9.02. The van der Waals surface area contributed by atoms with Crippen LogP contribution in [0.4, 0.5) is 0 Å². The molecule has 1 aliphatic heterocycles. The number of nitrogens with zero attached hydrogens (tertiary/aromatic N) is 3. The van der Waals surface area contributed by atoms with Crippen molar-refractivity contribution >= 4 is 11.8 Å². The van der Waals surface area contributed by atoms with Crippen LogP contribution < -0.4 is 5.32 Å². The monoisotopic (exact) mass is 198 g/mol. The fourth-order valence-electron chi connectivity index (χ4n) is 1.41. The number of nitrogens with one attached hydrogen (secondary N) is 1. The van der Waals surface area contributed by atoms with Crippen molar-refractivity contribution in [2.45, 2.75) is 24.8 Å². The van der Waals surface area contributed by atoms with Crippen LogP contribution in [0.1, 0.15) is 24.4 Å². The Morgan fingerprint density at radius 3 is 3.15 bits per heavy atom. The zero-order valence-corrected chi connectivity index (χ0v) is 8.71. The summed E-state index contributed by atoms with van der Waals surface area (Å²) in [7, 11) is 1.90. The lowest BCUT2D eigenvalue weighted by Crippen LogP contribution is -2.33. The zero-order chi connectivity index (χ0) is 9.26. The first-order chi connectivity index (χ1) is 6.25. The Morgan fingerprint density at radius 2 is 2.54 bits per heavy atom. The Labute approximate surface area is 82.1 Å². The summed E-state index contributed by atoms with van der Waals surface area (Å²) in [6.07, 6.45) is 3.21. The average Bonchev–Trinajstić information content (AvgIpc) is 2.52. The second-order valence-corrected chi connectivity index (χ2v) is 4.64. The SMILES string of the molecule is CC1CCSC(c2cn(C)nn2)N1. The molecule has 0 saturated carbocycles. The third-order valence-electron chi connectivity index (χ3n) is 2.16. The van der Waals surface area contributed by atoms with Crippen molar-refractivity contribution in [1.29, 1.82) is 0 Å². The molecule has 1 saturated heterocycles. The zero-order valence-electron chi connectivity index (χ0n) is 7.90. The summed E-state index contributed by atoms with van der Waals surface area (Å²) in [5.41, 5.74) is 1.04. The second kappa shape index (κ2) is 3.67. The number of aromatic nitrogens is 3. The third-order valence-corrected chi connectivity index (χ3v) is 3.34. The lowest BCUT2D eigenvalue weighted by molar-refractivity contribution is 0.506.